The van der Waals surface area contributed by atoms with Gasteiger partial charge in [0, 0.05) is 29.1 Å². The fourth-order valence-electron chi connectivity index (χ4n) is 6.77. The number of aromatic nitrogens is 4. The minimum absolute atomic E-state index is 0.00456. The predicted octanol–water partition coefficient (Wildman–Crippen LogP) is 11.5. The van der Waals surface area contributed by atoms with Crippen LogP contribution in [-0.2, 0) is 16.6 Å². The molecule has 3 aromatic heterocycles. The molecule has 7 aromatic rings. The summed E-state index contributed by atoms with van der Waals surface area (Å²) in [5.74, 6) is 2.97. The Labute approximate surface area is 306 Å². The van der Waals surface area contributed by atoms with Crippen molar-refractivity contribution >= 4 is 21.8 Å². The fourth-order valence-corrected chi connectivity index (χ4v) is 6.77. The van der Waals surface area contributed by atoms with Crippen LogP contribution in [0.25, 0.3) is 44.4 Å². The van der Waals surface area contributed by atoms with Gasteiger partial charge in [0.1, 0.15) is 17.3 Å². The maximum atomic E-state index is 6.67. The molecule has 4 aromatic carbocycles. The zero-order chi connectivity index (χ0) is 36.6. The molecule has 3 heterocycles. The van der Waals surface area contributed by atoms with Crippen molar-refractivity contribution in [1.82, 2.24) is 19.3 Å². The number of ether oxygens (including phenoxy) is 3. The molecule has 0 saturated carbocycles. The summed E-state index contributed by atoms with van der Waals surface area (Å²) in [6, 6.07) is 33.8. The summed E-state index contributed by atoms with van der Waals surface area (Å²) in [5.41, 5.74) is 9.49. The normalized spacial score (nSPS) is 11.9. The second kappa shape index (κ2) is 14.3. The molecule has 52 heavy (non-hydrogen) atoms. The van der Waals surface area contributed by atoms with Crippen LogP contribution in [0, 0.1) is 13.8 Å². The smallest absolute Gasteiger partial charge is 0.227 e. The third kappa shape index (κ3) is 7.06. The van der Waals surface area contributed by atoms with E-state index in [1.807, 2.05) is 42.9 Å². The molecule has 0 unspecified atom stereocenters. The average Bonchev–Trinajstić information content (AvgIpc) is 3.63. The largest absolute Gasteiger partial charge is 0.457 e. The van der Waals surface area contributed by atoms with E-state index in [1.165, 1.54) is 10.9 Å². The van der Waals surface area contributed by atoms with E-state index in [2.05, 4.69) is 125 Å². The maximum absolute atomic E-state index is 6.67. The molecule has 0 radical (unpaired) electrons. The molecule has 0 aliphatic rings. The SMILES string of the molecule is CCCc1nn(-c2cc(C)cc(Oc3ccc4c5ccccc5n(-c5cc(C)ccn5)c4c3)c2)c(OCOC(C)C)c1-c1cccc(C(C)(C)C)c1. The van der Waals surface area contributed by atoms with Crippen molar-refractivity contribution in [2.75, 3.05) is 6.79 Å². The summed E-state index contributed by atoms with van der Waals surface area (Å²) in [7, 11) is 0. The molecule has 7 rings (SSSR count). The molecular weight excluding hydrogens is 645 g/mol. The Hall–Kier alpha value is -5.40. The lowest BCUT2D eigenvalue weighted by Crippen LogP contribution is -2.12. The van der Waals surface area contributed by atoms with Crippen LogP contribution in [0.2, 0.25) is 0 Å². The summed E-state index contributed by atoms with van der Waals surface area (Å²) < 4.78 is 23.2. The van der Waals surface area contributed by atoms with Crippen molar-refractivity contribution in [3.05, 3.63) is 126 Å². The Balaban J connectivity index is 1.33. The van der Waals surface area contributed by atoms with Gasteiger partial charge in [0.25, 0.3) is 0 Å². The van der Waals surface area contributed by atoms with E-state index < -0.39 is 0 Å². The molecule has 7 heteroatoms. The summed E-state index contributed by atoms with van der Waals surface area (Å²) in [6.07, 6.45) is 3.64. The molecule has 0 atom stereocenters. The molecule has 0 spiro atoms. The zero-order valence-electron chi connectivity index (χ0n) is 31.5. The summed E-state index contributed by atoms with van der Waals surface area (Å²) in [5, 5.41) is 7.53. The molecule has 0 aliphatic carbocycles. The molecule has 0 N–H and O–H groups in total. The number of benzene rings is 4. The Bertz CT molecular complexity index is 2380. The minimum Gasteiger partial charge on any atom is -0.457 e. The number of fused-ring (bicyclic) bond motifs is 3. The molecule has 0 bridgehead atoms. The first kappa shape index (κ1) is 35.0. The molecule has 7 nitrogen and oxygen atoms in total. The fraction of sp³-hybridized carbons (Fsp3) is 0.289. The Kier molecular flexibility index (Phi) is 9.64. The topological polar surface area (TPSA) is 63.3 Å². The van der Waals surface area contributed by atoms with Gasteiger partial charge in [-0.2, -0.15) is 5.10 Å². The number of pyridine rings is 1. The van der Waals surface area contributed by atoms with Gasteiger partial charge in [0.05, 0.1) is 34.1 Å². The predicted molar refractivity (Wildman–Crippen MR) is 212 cm³/mol. The van der Waals surface area contributed by atoms with Crippen molar-refractivity contribution in [1.29, 1.82) is 0 Å². The van der Waals surface area contributed by atoms with E-state index in [0.29, 0.717) is 11.6 Å². The third-order valence-corrected chi connectivity index (χ3v) is 9.31. The standard InChI is InChI=1S/C45H48N4O3/c1-9-13-39-43(32-14-12-15-33(25-32)45(6,7)8)44(51-28-50-29(2)3)49(47-39)34-22-31(5)23-36(26-34)52-35-18-19-38-37-16-10-11-17-40(37)48(41(38)27-35)42-24-30(4)20-21-46-42/h10-12,14-27,29H,9,13,28H2,1-8H3. The summed E-state index contributed by atoms with van der Waals surface area (Å²) in [4.78, 5) is 4.74. The van der Waals surface area contributed by atoms with Crippen molar-refractivity contribution < 1.29 is 14.2 Å². The van der Waals surface area contributed by atoms with E-state index in [-0.39, 0.29) is 18.3 Å². The quantitative estimate of drug-likeness (QED) is 0.126. The Morgan fingerprint density at radius 3 is 2.35 bits per heavy atom. The lowest BCUT2D eigenvalue weighted by molar-refractivity contribution is -0.0229. The van der Waals surface area contributed by atoms with Gasteiger partial charge < -0.3 is 14.2 Å². The van der Waals surface area contributed by atoms with Crippen LogP contribution in [-0.4, -0.2) is 32.2 Å². The first-order valence-corrected chi connectivity index (χ1v) is 18.2. The Morgan fingerprint density at radius 2 is 1.58 bits per heavy atom. The van der Waals surface area contributed by atoms with Crippen molar-refractivity contribution in [2.45, 2.75) is 79.8 Å². The summed E-state index contributed by atoms with van der Waals surface area (Å²) in [6.45, 7) is 17.2. The molecule has 0 amide bonds. The van der Waals surface area contributed by atoms with Gasteiger partial charge in [0.2, 0.25) is 5.88 Å². The molecule has 0 saturated heterocycles. The van der Waals surface area contributed by atoms with E-state index in [0.717, 1.165) is 74.5 Å². The number of aryl methyl sites for hydroxylation is 3. The number of hydrogen-bond acceptors (Lipinski definition) is 5. The van der Waals surface area contributed by atoms with Gasteiger partial charge in [-0.15, -0.1) is 0 Å². The first-order chi connectivity index (χ1) is 25.0. The van der Waals surface area contributed by atoms with Crippen molar-refractivity contribution in [2.24, 2.45) is 0 Å². The molecule has 266 valence electrons. The van der Waals surface area contributed by atoms with Gasteiger partial charge in [-0.25, -0.2) is 9.67 Å². The van der Waals surface area contributed by atoms with Crippen LogP contribution in [0.3, 0.4) is 0 Å². The molecule has 0 aliphatic heterocycles. The van der Waals surface area contributed by atoms with Gasteiger partial charge >= 0.3 is 0 Å². The zero-order valence-corrected chi connectivity index (χ0v) is 31.5. The van der Waals surface area contributed by atoms with Crippen LogP contribution < -0.4 is 9.47 Å². The van der Waals surface area contributed by atoms with Crippen LogP contribution in [0.4, 0.5) is 0 Å². The number of nitrogens with zero attached hydrogens (tertiary/aromatic N) is 4. The Morgan fingerprint density at radius 1 is 0.769 bits per heavy atom. The van der Waals surface area contributed by atoms with E-state index in [9.17, 15) is 0 Å². The van der Waals surface area contributed by atoms with E-state index >= 15 is 0 Å². The number of rotatable bonds is 11. The highest BCUT2D eigenvalue weighted by Crippen LogP contribution is 2.40. The number of hydrogen-bond donors (Lipinski definition) is 0. The highest BCUT2D eigenvalue weighted by molar-refractivity contribution is 6.09. The van der Waals surface area contributed by atoms with Gasteiger partial charge in [0.15, 0.2) is 6.79 Å². The monoisotopic (exact) mass is 692 g/mol. The molecular formula is C45H48N4O3. The highest BCUT2D eigenvalue weighted by Gasteiger charge is 2.24. The van der Waals surface area contributed by atoms with Crippen LogP contribution in [0.1, 0.15) is 70.3 Å². The lowest BCUT2D eigenvalue weighted by atomic mass is 9.85. The lowest BCUT2D eigenvalue weighted by Gasteiger charge is -2.20. The van der Waals surface area contributed by atoms with Gasteiger partial charge in [-0.05, 0) is 104 Å². The van der Waals surface area contributed by atoms with Crippen LogP contribution in [0.5, 0.6) is 17.4 Å². The number of para-hydroxylation sites is 1. The van der Waals surface area contributed by atoms with Gasteiger partial charge in [-0.3, -0.25) is 4.57 Å². The molecule has 0 fully saturated rings. The second-order valence-electron chi connectivity index (χ2n) is 14.9. The highest BCUT2D eigenvalue weighted by atomic mass is 16.7. The third-order valence-electron chi connectivity index (χ3n) is 9.31. The second-order valence-corrected chi connectivity index (χ2v) is 14.9. The van der Waals surface area contributed by atoms with E-state index in [1.54, 1.807) is 0 Å². The summed E-state index contributed by atoms with van der Waals surface area (Å²) >= 11 is 0. The van der Waals surface area contributed by atoms with Crippen molar-refractivity contribution in [3.63, 3.8) is 0 Å². The first-order valence-electron chi connectivity index (χ1n) is 18.2. The maximum Gasteiger partial charge on any atom is 0.227 e. The minimum atomic E-state index is -0.00456. The average molecular weight is 693 g/mol. The van der Waals surface area contributed by atoms with Crippen molar-refractivity contribution in [3.8, 4) is 40.0 Å². The van der Waals surface area contributed by atoms with E-state index in [4.69, 9.17) is 24.3 Å². The van der Waals surface area contributed by atoms with Crippen LogP contribution in [0.15, 0.2) is 103 Å². The van der Waals surface area contributed by atoms with Crippen LogP contribution >= 0.6 is 0 Å². The van der Waals surface area contributed by atoms with Gasteiger partial charge in [-0.1, -0.05) is 76.6 Å².